The first-order valence-corrected chi connectivity index (χ1v) is 9.26. The summed E-state index contributed by atoms with van der Waals surface area (Å²) in [5, 5.41) is 7.75. The van der Waals surface area contributed by atoms with Gasteiger partial charge in [0.25, 0.3) is 5.78 Å². The first-order chi connectivity index (χ1) is 13.9. The lowest BCUT2D eigenvalue weighted by Crippen LogP contribution is -2.08. The third-order valence-corrected chi connectivity index (χ3v) is 4.63. The van der Waals surface area contributed by atoms with Crippen molar-refractivity contribution in [3.63, 3.8) is 0 Å². The van der Waals surface area contributed by atoms with E-state index in [1.165, 1.54) is 6.33 Å². The van der Waals surface area contributed by atoms with Crippen molar-refractivity contribution >= 4 is 11.6 Å². The highest BCUT2D eigenvalue weighted by Crippen LogP contribution is 2.33. The molecule has 0 fully saturated rings. The van der Waals surface area contributed by atoms with Gasteiger partial charge in [-0.3, -0.25) is 0 Å². The van der Waals surface area contributed by atoms with Crippen LogP contribution < -0.4 is 14.8 Å². The molecule has 28 heavy (non-hydrogen) atoms. The van der Waals surface area contributed by atoms with E-state index >= 15 is 0 Å². The zero-order chi connectivity index (χ0) is 18.8. The molecule has 1 aliphatic rings. The van der Waals surface area contributed by atoms with Gasteiger partial charge in [-0.05, 0) is 6.07 Å². The number of hydrogen-bond acceptors (Lipinski definition) is 6. The van der Waals surface area contributed by atoms with Gasteiger partial charge in [0, 0.05) is 30.2 Å². The van der Waals surface area contributed by atoms with Crippen LogP contribution in [-0.2, 0) is 6.54 Å². The predicted molar refractivity (Wildman–Crippen MR) is 106 cm³/mol. The molecule has 0 spiro atoms. The number of fused-ring (bicyclic) bond motifs is 2. The lowest BCUT2D eigenvalue weighted by atomic mass is 10.1. The lowest BCUT2D eigenvalue weighted by molar-refractivity contribution is 0.296. The fourth-order valence-corrected chi connectivity index (χ4v) is 3.27. The Morgan fingerprint density at radius 2 is 1.89 bits per heavy atom. The summed E-state index contributed by atoms with van der Waals surface area (Å²) >= 11 is 0. The van der Waals surface area contributed by atoms with Crippen LogP contribution in [0.4, 0.5) is 5.82 Å². The molecule has 0 unspecified atom stereocenters. The summed E-state index contributed by atoms with van der Waals surface area (Å²) < 4.78 is 13.4. The maximum absolute atomic E-state index is 5.92. The Morgan fingerprint density at radius 3 is 2.82 bits per heavy atom. The van der Waals surface area contributed by atoms with Crippen molar-refractivity contribution in [2.45, 2.75) is 13.0 Å². The summed E-state index contributed by atoms with van der Waals surface area (Å²) in [6.07, 6.45) is 2.39. The van der Waals surface area contributed by atoms with Gasteiger partial charge in [-0.15, -0.1) is 0 Å². The van der Waals surface area contributed by atoms with Crippen LogP contribution in [0.2, 0.25) is 0 Å². The molecule has 1 N–H and O–H groups in total. The van der Waals surface area contributed by atoms with Crippen molar-refractivity contribution in [1.29, 1.82) is 0 Å². The Bertz CT molecular complexity index is 1110. The molecular weight excluding hydrogens is 354 g/mol. The molecule has 4 aromatic rings. The van der Waals surface area contributed by atoms with Gasteiger partial charge in [-0.2, -0.15) is 14.6 Å². The van der Waals surface area contributed by atoms with Crippen molar-refractivity contribution < 1.29 is 9.47 Å². The molecule has 3 heterocycles. The fourth-order valence-electron chi connectivity index (χ4n) is 3.27. The number of benzene rings is 2. The standard InChI is InChI=1S/C21H19N5O2/c1-2-6-15(7-3-1)17-12-19(26-21(25-17)23-14-24-26)22-13-16-8-4-9-18-20(16)28-11-5-10-27-18/h1-4,6-9,12,14,22H,5,10-11,13H2. The highest BCUT2D eigenvalue weighted by atomic mass is 16.5. The van der Waals surface area contributed by atoms with Crippen LogP contribution >= 0.6 is 0 Å². The topological polar surface area (TPSA) is 73.6 Å². The van der Waals surface area contributed by atoms with E-state index in [4.69, 9.17) is 9.47 Å². The van der Waals surface area contributed by atoms with E-state index in [1.54, 1.807) is 4.52 Å². The molecule has 7 heteroatoms. The second-order valence-corrected chi connectivity index (χ2v) is 6.51. The van der Waals surface area contributed by atoms with E-state index in [-0.39, 0.29) is 0 Å². The Labute approximate surface area is 162 Å². The molecule has 0 atom stereocenters. The maximum atomic E-state index is 5.92. The molecule has 7 nitrogen and oxygen atoms in total. The average Bonchev–Trinajstić information content (AvgIpc) is 3.09. The van der Waals surface area contributed by atoms with Crippen LogP contribution in [0.3, 0.4) is 0 Å². The lowest BCUT2D eigenvalue weighted by Gasteiger charge is -2.14. The minimum absolute atomic E-state index is 0.551. The van der Waals surface area contributed by atoms with Crippen LogP contribution in [0, 0.1) is 0 Å². The van der Waals surface area contributed by atoms with Gasteiger partial charge in [0.1, 0.15) is 12.1 Å². The summed E-state index contributed by atoms with van der Waals surface area (Å²) in [5.41, 5.74) is 2.90. The van der Waals surface area contributed by atoms with Gasteiger partial charge in [0.15, 0.2) is 11.5 Å². The first kappa shape index (κ1) is 16.6. The number of nitrogens with zero attached hydrogens (tertiary/aromatic N) is 4. The molecule has 2 aromatic carbocycles. The Kier molecular flexibility index (Phi) is 4.25. The Morgan fingerprint density at radius 1 is 1.00 bits per heavy atom. The normalized spacial score (nSPS) is 13.3. The van der Waals surface area contributed by atoms with Crippen LogP contribution in [-0.4, -0.2) is 32.8 Å². The summed E-state index contributed by atoms with van der Waals surface area (Å²) in [5.74, 6) is 2.96. The molecule has 5 rings (SSSR count). The van der Waals surface area contributed by atoms with Gasteiger partial charge < -0.3 is 14.8 Å². The maximum Gasteiger partial charge on any atom is 0.254 e. The smallest absolute Gasteiger partial charge is 0.254 e. The number of para-hydroxylation sites is 1. The van der Waals surface area contributed by atoms with E-state index in [2.05, 4.69) is 20.4 Å². The van der Waals surface area contributed by atoms with Gasteiger partial charge in [0.05, 0.1) is 18.9 Å². The van der Waals surface area contributed by atoms with Gasteiger partial charge in [-0.1, -0.05) is 42.5 Å². The summed E-state index contributed by atoms with van der Waals surface area (Å²) in [4.78, 5) is 8.87. The highest BCUT2D eigenvalue weighted by Gasteiger charge is 2.15. The molecule has 0 radical (unpaired) electrons. The van der Waals surface area contributed by atoms with Crippen LogP contribution in [0.5, 0.6) is 11.5 Å². The largest absolute Gasteiger partial charge is 0.490 e. The van der Waals surface area contributed by atoms with Gasteiger partial charge in [-0.25, -0.2) is 4.98 Å². The molecule has 0 aliphatic carbocycles. The predicted octanol–water partition coefficient (Wildman–Crippen LogP) is 3.56. The minimum atomic E-state index is 0.551. The molecule has 1 aliphatic heterocycles. The molecular formula is C21H19N5O2. The van der Waals surface area contributed by atoms with Crippen LogP contribution in [0.15, 0.2) is 60.9 Å². The third kappa shape index (κ3) is 3.11. The van der Waals surface area contributed by atoms with E-state index in [9.17, 15) is 0 Å². The van der Waals surface area contributed by atoms with Crippen LogP contribution in [0.25, 0.3) is 17.0 Å². The molecule has 0 saturated heterocycles. The SMILES string of the molecule is c1ccc(-c2cc(NCc3cccc4c3OCCCO4)n3ncnc3n2)cc1. The van der Waals surface area contributed by atoms with Crippen LogP contribution in [0.1, 0.15) is 12.0 Å². The fraction of sp³-hybridized carbons (Fsp3) is 0.190. The number of aromatic nitrogens is 4. The van der Waals surface area contributed by atoms with E-state index in [0.29, 0.717) is 25.5 Å². The quantitative estimate of drug-likeness (QED) is 0.590. The van der Waals surface area contributed by atoms with Crippen molar-refractivity contribution in [3.8, 4) is 22.8 Å². The third-order valence-electron chi connectivity index (χ3n) is 4.63. The number of nitrogens with one attached hydrogen (secondary N) is 1. The molecule has 0 saturated carbocycles. The molecule has 0 bridgehead atoms. The van der Waals surface area contributed by atoms with Gasteiger partial charge in [0.2, 0.25) is 0 Å². The summed E-state index contributed by atoms with van der Waals surface area (Å²) in [6, 6.07) is 18.0. The van der Waals surface area contributed by atoms with Crippen molar-refractivity contribution in [3.05, 3.63) is 66.5 Å². The number of hydrogen-bond donors (Lipinski definition) is 1. The summed E-state index contributed by atoms with van der Waals surface area (Å²) in [7, 11) is 0. The zero-order valence-corrected chi connectivity index (χ0v) is 15.2. The summed E-state index contributed by atoms with van der Waals surface area (Å²) in [6.45, 7) is 1.90. The minimum Gasteiger partial charge on any atom is -0.490 e. The number of anilines is 1. The second-order valence-electron chi connectivity index (χ2n) is 6.51. The average molecular weight is 373 g/mol. The zero-order valence-electron chi connectivity index (χ0n) is 15.2. The molecule has 140 valence electrons. The monoisotopic (exact) mass is 373 g/mol. The highest BCUT2D eigenvalue weighted by molar-refractivity contribution is 5.65. The molecule has 0 amide bonds. The number of ether oxygens (including phenoxy) is 2. The Hall–Kier alpha value is -3.61. The second kappa shape index (κ2) is 7.19. The van der Waals surface area contributed by atoms with Crippen molar-refractivity contribution in [1.82, 2.24) is 19.6 Å². The van der Waals surface area contributed by atoms with Crippen molar-refractivity contribution in [2.75, 3.05) is 18.5 Å². The van der Waals surface area contributed by atoms with E-state index < -0.39 is 0 Å². The van der Waals surface area contributed by atoms with Crippen molar-refractivity contribution in [2.24, 2.45) is 0 Å². The number of rotatable bonds is 4. The van der Waals surface area contributed by atoms with E-state index in [0.717, 1.165) is 40.6 Å². The molecule has 2 aromatic heterocycles. The Balaban J connectivity index is 1.48. The van der Waals surface area contributed by atoms with Gasteiger partial charge >= 0.3 is 0 Å². The van der Waals surface area contributed by atoms with E-state index in [1.807, 2.05) is 54.6 Å². The first-order valence-electron chi connectivity index (χ1n) is 9.26.